The van der Waals surface area contributed by atoms with Crippen molar-refractivity contribution in [1.82, 2.24) is 9.78 Å². The van der Waals surface area contributed by atoms with Crippen LogP contribution < -0.4 is 0 Å². The Labute approximate surface area is 65.0 Å². The molecule has 3 heteroatoms. The minimum Gasteiger partial charge on any atom is -0.292 e. The van der Waals surface area contributed by atoms with Crippen LogP contribution in [0.4, 0.5) is 0 Å². The van der Waals surface area contributed by atoms with E-state index in [0.29, 0.717) is 6.42 Å². The second-order valence-corrected chi connectivity index (χ2v) is 2.92. The maximum Gasteiger partial charge on any atom is 0.180 e. The fraction of sp³-hybridized carbons (Fsp3) is 0.500. The van der Waals surface area contributed by atoms with E-state index < -0.39 is 0 Å². The smallest absolute Gasteiger partial charge is 0.180 e. The zero-order valence-corrected chi connectivity index (χ0v) is 6.50. The molecule has 2 heterocycles. The van der Waals surface area contributed by atoms with Crippen molar-refractivity contribution in [2.24, 2.45) is 0 Å². The van der Waals surface area contributed by atoms with Crippen molar-refractivity contribution in [3.8, 4) is 0 Å². The van der Waals surface area contributed by atoms with Crippen LogP contribution in [0.3, 0.4) is 0 Å². The summed E-state index contributed by atoms with van der Waals surface area (Å²) in [5.41, 5.74) is 1.73. The molecule has 1 aliphatic heterocycles. The van der Waals surface area contributed by atoms with Gasteiger partial charge in [-0.1, -0.05) is 0 Å². The molecule has 2 rings (SSSR count). The summed E-state index contributed by atoms with van der Waals surface area (Å²) in [6.07, 6.45) is 1.62. The molecule has 58 valence electrons. The maximum atomic E-state index is 11.2. The van der Waals surface area contributed by atoms with E-state index in [9.17, 15) is 4.79 Å². The minimum absolute atomic E-state index is 0.233. The van der Waals surface area contributed by atoms with Gasteiger partial charge in [0.25, 0.3) is 0 Å². The number of Topliss-reactive ketones (excluding diaryl/α,β-unsaturated/α-hetero) is 1. The molecule has 0 radical (unpaired) electrons. The van der Waals surface area contributed by atoms with Crippen LogP contribution in [0.5, 0.6) is 0 Å². The van der Waals surface area contributed by atoms with Crippen LogP contribution >= 0.6 is 0 Å². The van der Waals surface area contributed by atoms with E-state index in [1.165, 1.54) is 0 Å². The van der Waals surface area contributed by atoms with E-state index in [1.54, 1.807) is 4.68 Å². The summed E-state index contributed by atoms with van der Waals surface area (Å²) >= 11 is 0. The monoisotopic (exact) mass is 150 g/mol. The Morgan fingerprint density at radius 2 is 2.45 bits per heavy atom. The van der Waals surface area contributed by atoms with Gasteiger partial charge in [0.1, 0.15) is 5.69 Å². The van der Waals surface area contributed by atoms with Crippen LogP contribution in [-0.4, -0.2) is 15.6 Å². The SMILES string of the molecule is Cc1cc2n(n1)CCCC2=O. The second kappa shape index (κ2) is 2.19. The lowest BCUT2D eigenvalue weighted by atomic mass is 10.1. The third-order valence-corrected chi connectivity index (χ3v) is 1.96. The zero-order valence-electron chi connectivity index (χ0n) is 6.50. The fourth-order valence-electron chi connectivity index (χ4n) is 1.46. The molecule has 0 amide bonds. The highest BCUT2D eigenvalue weighted by molar-refractivity contribution is 5.95. The molecule has 1 aliphatic rings. The highest BCUT2D eigenvalue weighted by Gasteiger charge is 2.17. The molecule has 0 aliphatic carbocycles. The molecular weight excluding hydrogens is 140 g/mol. The van der Waals surface area contributed by atoms with Gasteiger partial charge in [-0.05, 0) is 19.4 Å². The molecule has 1 aromatic rings. The topological polar surface area (TPSA) is 34.9 Å². The van der Waals surface area contributed by atoms with Crippen LogP contribution in [0.2, 0.25) is 0 Å². The highest BCUT2D eigenvalue weighted by atomic mass is 16.1. The number of fused-ring (bicyclic) bond motifs is 1. The first-order valence-electron chi connectivity index (χ1n) is 3.85. The van der Waals surface area contributed by atoms with Gasteiger partial charge in [0.05, 0.1) is 5.69 Å². The minimum atomic E-state index is 0.233. The number of carbonyl (C=O) groups is 1. The van der Waals surface area contributed by atoms with Crippen molar-refractivity contribution in [3.63, 3.8) is 0 Å². The summed E-state index contributed by atoms with van der Waals surface area (Å²) in [5.74, 6) is 0.233. The highest BCUT2D eigenvalue weighted by Crippen LogP contribution is 2.14. The number of aromatic nitrogens is 2. The molecule has 11 heavy (non-hydrogen) atoms. The van der Waals surface area contributed by atoms with Gasteiger partial charge in [0.2, 0.25) is 0 Å². The lowest BCUT2D eigenvalue weighted by Crippen LogP contribution is -2.16. The number of nitrogens with zero attached hydrogens (tertiary/aromatic N) is 2. The van der Waals surface area contributed by atoms with Crippen LogP contribution in [0, 0.1) is 6.92 Å². The quantitative estimate of drug-likeness (QED) is 0.556. The Kier molecular flexibility index (Phi) is 1.31. The van der Waals surface area contributed by atoms with Gasteiger partial charge in [0, 0.05) is 13.0 Å². The Hall–Kier alpha value is -1.12. The molecule has 0 N–H and O–H groups in total. The van der Waals surface area contributed by atoms with Gasteiger partial charge in [-0.25, -0.2) is 0 Å². The van der Waals surface area contributed by atoms with Crippen molar-refractivity contribution in [3.05, 3.63) is 17.5 Å². The number of carbonyl (C=O) groups excluding carboxylic acids is 1. The van der Waals surface area contributed by atoms with Crippen molar-refractivity contribution >= 4 is 5.78 Å². The Morgan fingerprint density at radius 3 is 3.18 bits per heavy atom. The normalized spacial score (nSPS) is 16.6. The van der Waals surface area contributed by atoms with E-state index in [0.717, 1.165) is 24.4 Å². The Balaban J connectivity index is 2.52. The van der Waals surface area contributed by atoms with E-state index >= 15 is 0 Å². The van der Waals surface area contributed by atoms with Crippen molar-refractivity contribution in [2.75, 3.05) is 0 Å². The molecule has 0 atom stereocenters. The first-order valence-corrected chi connectivity index (χ1v) is 3.85. The van der Waals surface area contributed by atoms with Crippen molar-refractivity contribution < 1.29 is 4.79 Å². The number of rotatable bonds is 0. The maximum absolute atomic E-state index is 11.2. The number of ketones is 1. The largest absolute Gasteiger partial charge is 0.292 e. The first-order chi connectivity index (χ1) is 5.27. The molecule has 1 aromatic heterocycles. The molecule has 0 aromatic carbocycles. The Bertz CT molecular complexity index is 301. The molecule has 3 nitrogen and oxygen atoms in total. The summed E-state index contributed by atoms with van der Waals surface area (Å²) in [6, 6.07) is 1.86. The van der Waals surface area contributed by atoms with Gasteiger partial charge < -0.3 is 0 Å². The zero-order chi connectivity index (χ0) is 7.84. The molecular formula is C8H10N2O. The molecule has 0 bridgehead atoms. The van der Waals surface area contributed by atoms with Gasteiger partial charge in [0.15, 0.2) is 5.78 Å². The molecule has 0 unspecified atom stereocenters. The van der Waals surface area contributed by atoms with Crippen molar-refractivity contribution in [1.29, 1.82) is 0 Å². The lowest BCUT2D eigenvalue weighted by molar-refractivity contribution is 0.0951. The summed E-state index contributed by atoms with van der Waals surface area (Å²) in [4.78, 5) is 11.2. The number of hydrogen-bond acceptors (Lipinski definition) is 2. The molecule has 0 saturated heterocycles. The predicted molar refractivity (Wildman–Crippen MR) is 40.5 cm³/mol. The Morgan fingerprint density at radius 1 is 1.64 bits per heavy atom. The molecule has 0 spiro atoms. The average molecular weight is 150 g/mol. The van der Waals surface area contributed by atoms with E-state index in [2.05, 4.69) is 5.10 Å². The average Bonchev–Trinajstić information content (AvgIpc) is 2.31. The number of hydrogen-bond donors (Lipinski definition) is 0. The van der Waals surface area contributed by atoms with Crippen LogP contribution in [-0.2, 0) is 6.54 Å². The summed E-state index contributed by atoms with van der Waals surface area (Å²) in [5, 5.41) is 4.20. The molecule has 0 fully saturated rings. The first kappa shape index (κ1) is 6.58. The van der Waals surface area contributed by atoms with Crippen LogP contribution in [0.25, 0.3) is 0 Å². The third-order valence-electron chi connectivity index (χ3n) is 1.96. The second-order valence-electron chi connectivity index (χ2n) is 2.92. The van der Waals surface area contributed by atoms with E-state index in [1.807, 2.05) is 13.0 Å². The van der Waals surface area contributed by atoms with Crippen LogP contribution in [0.15, 0.2) is 6.07 Å². The lowest BCUT2D eigenvalue weighted by Gasteiger charge is -2.10. The summed E-state index contributed by atoms with van der Waals surface area (Å²) in [7, 11) is 0. The summed E-state index contributed by atoms with van der Waals surface area (Å²) in [6.45, 7) is 2.81. The fourth-order valence-corrected chi connectivity index (χ4v) is 1.46. The van der Waals surface area contributed by atoms with E-state index in [4.69, 9.17) is 0 Å². The number of aryl methyl sites for hydroxylation is 2. The molecule has 0 saturated carbocycles. The van der Waals surface area contributed by atoms with Gasteiger partial charge in [-0.15, -0.1) is 0 Å². The van der Waals surface area contributed by atoms with Gasteiger partial charge >= 0.3 is 0 Å². The third kappa shape index (κ3) is 0.964. The van der Waals surface area contributed by atoms with Crippen LogP contribution in [0.1, 0.15) is 29.0 Å². The van der Waals surface area contributed by atoms with E-state index in [-0.39, 0.29) is 5.78 Å². The van der Waals surface area contributed by atoms with Crippen molar-refractivity contribution in [2.45, 2.75) is 26.3 Å². The predicted octanol–water partition coefficient (Wildman–Crippen LogP) is 1.17. The standard InChI is InChI=1S/C8H10N2O/c1-6-5-7-8(11)3-2-4-10(7)9-6/h5H,2-4H2,1H3. The summed E-state index contributed by atoms with van der Waals surface area (Å²) < 4.78 is 1.81. The van der Waals surface area contributed by atoms with Gasteiger partial charge in [-0.3, -0.25) is 9.48 Å². The van der Waals surface area contributed by atoms with Gasteiger partial charge in [-0.2, -0.15) is 5.10 Å².